The van der Waals surface area contributed by atoms with Gasteiger partial charge in [0.15, 0.2) is 0 Å². The number of hydrogen-bond acceptors (Lipinski definition) is 4. The SMILES string of the molecule is CC(C)(C)C(CNC(=O)O)SCc1cnccc1S. The first-order chi connectivity index (χ1) is 8.80. The lowest BCUT2D eigenvalue weighted by Crippen LogP contribution is -2.36. The van der Waals surface area contributed by atoms with Crippen molar-refractivity contribution in [2.75, 3.05) is 6.54 Å². The van der Waals surface area contributed by atoms with E-state index in [1.165, 1.54) is 0 Å². The van der Waals surface area contributed by atoms with Crippen molar-refractivity contribution in [3.05, 3.63) is 24.0 Å². The summed E-state index contributed by atoms with van der Waals surface area (Å²) in [6, 6.07) is 1.86. The molecular weight excluding hydrogens is 280 g/mol. The number of pyridine rings is 1. The zero-order valence-electron chi connectivity index (χ0n) is 11.4. The molecule has 0 radical (unpaired) electrons. The molecule has 106 valence electrons. The third kappa shape index (κ3) is 5.74. The topological polar surface area (TPSA) is 62.2 Å². The Bertz CT molecular complexity index is 433. The first-order valence-electron chi connectivity index (χ1n) is 6.01. The van der Waals surface area contributed by atoms with Gasteiger partial charge >= 0.3 is 6.09 Å². The summed E-state index contributed by atoms with van der Waals surface area (Å²) in [5, 5.41) is 11.4. The number of nitrogens with zero attached hydrogens (tertiary/aromatic N) is 1. The maximum absolute atomic E-state index is 10.6. The van der Waals surface area contributed by atoms with Crippen LogP contribution >= 0.6 is 24.4 Å². The molecule has 0 bridgehead atoms. The maximum atomic E-state index is 10.6. The molecule has 1 unspecified atom stereocenters. The summed E-state index contributed by atoms with van der Waals surface area (Å²) in [6.45, 7) is 6.77. The van der Waals surface area contributed by atoms with Crippen LogP contribution < -0.4 is 5.32 Å². The number of aromatic nitrogens is 1. The normalized spacial score (nSPS) is 13.1. The fraction of sp³-hybridized carbons (Fsp3) is 0.538. The highest BCUT2D eigenvalue weighted by Gasteiger charge is 2.25. The Morgan fingerprint density at radius 3 is 2.79 bits per heavy atom. The van der Waals surface area contributed by atoms with Crippen molar-refractivity contribution in [2.24, 2.45) is 5.41 Å². The van der Waals surface area contributed by atoms with Crippen LogP contribution in [0, 0.1) is 5.41 Å². The Morgan fingerprint density at radius 1 is 1.58 bits per heavy atom. The lowest BCUT2D eigenvalue weighted by molar-refractivity contribution is 0.193. The smallest absolute Gasteiger partial charge is 0.404 e. The van der Waals surface area contributed by atoms with Crippen molar-refractivity contribution in [2.45, 2.75) is 36.7 Å². The van der Waals surface area contributed by atoms with Crippen LogP contribution in [-0.2, 0) is 5.75 Å². The van der Waals surface area contributed by atoms with Gasteiger partial charge in [0, 0.05) is 34.8 Å². The molecule has 0 aliphatic heterocycles. The average molecular weight is 300 g/mol. The van der Waals surface area contributed by atoms with E-state index in [4.69, 9.17) is 5.11 Å². The van der Waals surface area contributed by atoms with E-state index >= 15 is 0 Å². The van der Waals surface area contributed by atoms with Crippen molar-refractivity contribution in [1.29, 1.82) is 0 Å². The van der Waals surface area contributed by atoms with E-state index in [0.29, 0.717) is 6.54 Å². The third-order valence-corrected chi connectivity index (χ3v) is 4.91. The van der Waals surface area contributed by atoms with Gasteiger partial charge in [0.25, 0.3) is 0 Å². The molecule has 6 heteroatoms. The Hall–Kier alpha value is -0.880. The molecule has 1 aromatic rings. The number of hydrogen-bond donors (Lipinski definition) is 3. The van der Waals surface area contributed by atoms with E-state index in [1.807, 2.05) is 6.07 Å². The Kier molecular flexibility index (Phi) is 6.00. The van der Waals surface area contributed by atoms with Crippen molar-refractivity contribution >= 4 is 30.5 Å². The number of nitrogens with one attached hydrogen (secondary N) is 1. The zero-order valence-corrected chi connectivity index (χ0v) is 13.1. The third-order valence-electron chi connectivity index (χ3n) is 2.72. The molecule has 0 fully saturated rings. The largest absolute Gasteiger partial charge is 0.465 e. The van der Waals surface area contributed by atoms with Gasteiger partial charge in [0.1, 0.15) is 0 Å². The molecule has 0 saturated carbocycles. The van der Waals surface area contributed by atoms with E-state index in [1.54, 1.807) is 24.2 Å². The van der Waals surface area contributed by atoms with Gasteiger partial charge in [-0.1, -0.05) is 20.8 Å². The van der Waals surface area contributed by atoms with Crippen molar-refractivity contribution < 1.29 is 9.90 Å². The summed E-state index contributed by atoms with van der Waals surface area (Å²) < 4.78 is 0. The number of carbonyl (C=O) groups is 1. The molecule has 19 heavy (non-hydrogen) atoms. The summed E-state index contributed by atoms with van der Waals surface area (Å²) >= 11 is 6.12. The number of rotatable bonds is 5. The molecule has 2 N–H and O–H groups in total. The number of thioether (sulfide) groups is 1. The second-order valence-corrected chi connectivity index (χ2v) is 7.03. The molecular formula is C13H20N2O2S2. The molecule has 1 aromatic heterocycles. The van der Waals surface area contributed by atoms with Crippen LogP contribution in [0.25, 0.3) is 0 Å². The monoisotopic (exact) mass is 300 g/mol. The molecule has 0 aliphatic carbocycles. The van der Waals surface area contributed by atoms with Crippen LogP contribution in [0.2, 0.25) is 0 Å². The quantitative estimate of drug-likeness (QED) is 0.730. The second-order valence-electron chi connectivity index (χ2n) is 5.36. The summed E-state index contributed by atoms with van der Waals surface area (Å²) in [4.78, 5) is 15.6. The number of amides is 1. The summed E-state index contributed by atoms with van der Waals surface area (Å²) in [5.41, 5.74) is 1.09. The highest BCUT2D eigenvalue weighted by molar-refractivity contribution is 7.99. The lowest BCUT2D eigenvalue weighted by atomic mass is 9.92. The molecule has 0 aliphatic rings. The highest BCUT2D eigenvalue weighted by atomic mass is 32.2. The van der Waals surface area contributed by atoms with Crippen LogP contribution in [0.1, 0.15) is 26.3 Å². The number of carboxylic acid groups (broad SMARTS) is 1. The lowest BCUT2D eigenvalue weighted by Gasteiger charge is -2.30. The molecule has 4 nitrogen and oxygen atoms in total. The van der Waals surface area contributed by atoms with Gasteiger partial charge in [0.05, 0.1) is 0 Å². The van der Waals surface area contributed by atoms with E-state index in [0.717, 1.165) is 16.2 Å². The average Bonchev–Trinajstić information content (AvgIpc) is 2.29. The van der Waals surface area contributed by atoms with Crippen LogP contribution in [0.4, 0.5) is 4.79 Å². The first-order valence-corrected chi connectivity index (χ1v) is 7.50. The number of thiol groups is 1. The highest BCUT2D eigenvalue weighted by Crippen LogP contribution is 2.32. The molecule has 0 aromatic carbocycles. The van der Waals surface area contributed by atoms with Gasteiger partial charge in [-0.15, -0.1) is 12.6 Å². The fourth-order valence-electron chi connectivity index (χ4n) is 1.52. The van der Waals surface area contributed by atoms with Crippen molar-refractivity contribution in [1.82, 2.24) is 10.3 Å². The van der Waals surface area contributed by atoms with Crippen molar-refractivity contribution in [3.63, 3.8) is 0 Å². The van der Waals surface area contributed by atoms with Gasteiger partial charge in [-0.3, -0.25) is 4.98 Å². The maximum Gasteiger partial charge on any atom is 0.404 e. The standard InChI is InChI=1S/C13H20N2O2S2/c1-13(2,3)11(7-15-12(16)17)19-8-9-6-14-5-4-10(9)18/h4-6,11,15H,7-8H2,1-3H3,(H,14,18)(H,16,17). The zero-order chi connectivity index (χ0) is 14.5. The molecule has 1 atom stereocenters. The van der Waals surface area contributed by atoms with Crippen LogP contribution in [-0.4, -0.2) is 28.0 Å². The predicted octanol–water partition coefficient (Wildman–Crippen LogP) is 3.29. The van der Waals surface area contributed by atoms with Gasteiger partial charge in [-0.2, -0.15) is 11.8 Å². The second kappa shape index (κ2) is 7.05. The minimum Gasteiger partial charge on any atom is -0.465 e. The summed E-state index contributed by atoms with van der Waals surface area (Å²) in [5.74, 6) is 0.774. The molecule has 1 rings (SSSR count). The van der Waals surface area contributed by atoms with Crippen LogP contribution in [0.5, 0.6) is 0 Å². The van der Waals surface area contributed by atoms with Gasteiger partial charge in [-0.05, 0) is 17.0 Å². The molecule has 0 saturated heterocycles. The van der Waals surface area contributed by atoms with E-state index in [2.05, 4.69) is 43.7 Å². The molecule has 1 heterocycles. The van der Waals surface area contributed by atoms with Gasteiger partial charge in [0.2, 0.25) is 0 Å². The van der Waals surface area contributed by atoms with Gasteiger partial charge in [-0.25, -0.2) is 4.79 Å². The molecule has 1 amide bonds. The van der Waals surface area contributed by atoms with Gasteiger partial charge < -0.3 is 10.4 Å². The van der Waals surface area contributed by atoms with Crippen LogP contribution in [0.15, 0.2) is 23.4 Å². The fourth-order valence-corrected chi connectivity index (χ4v) is 3.14. The van der Waals surface area contributed by atoms with E-state index < -0.39 is 6.09 Å². The molecule has 0 spiro atoms. The van der Waals surface area contributed by atoms with E-state index in [-0.39, 0.29) is 10.7 Å². The van der Waals surface area contributed by atoms with Crippen molar-refractivity contribution in [3.8, 4) is 0 Å². The Labute approximate surface area is 123 Å². The minimum atomic E-state index is -0.980. The van der Waals surface area contributed by atoms with Crippen LogP contribution in [0.3, 0.4) is 0 Å². The predicted molar refractivity (Wildman–Crippen MR) is 82.1 cm³/mol. The van der Waals surface area contributed by atoms with E-state index in [9.17, 15) is 4.79 Å². The Balaban J connectivity index is 2.63. The summed E-state index contributed by atoms with van der Waals surface area (Å²) in [6.07, 6.45) is 2.54. The first kappa shape index (κ1) is 16.2. The minimum absolute atomic E-state index is 0.0199. The summed E-state index contributed by atoms with van der Waals surface area (Å²) in [7, 11) is 0. The Morgan fingerprint density at radius 2 is 2.26 bits per heavy atom.